The Bertz CT molecular complexity index is 503. The van der Waals surface area contributed by atoms with Gasteiger partial charge in [-0.1, -0.05) is 24.3 Å². The van der Waals surface area contributed by atoms with Crippen LogP contribution in [0.3, 0.4) is 0 Å². The van der Waals surface area contributed by atoms with Crippen LogP contribution in [0.4, 0.5) is 0 Å². The van der Waals surface area contributed by atoms with E-state index in [9.17, 15) is 14.7 Å². The first kappa shape index (κ1) is 13.5. The van der Waals surface area contributed by atoms with Gasteiger partial charge in [0.1, 0.15) is 12.1 Å². The van der Waals surface area contributed by atoms with E-state index < -0.39 is 30.6 Å². The molecule has 4 N–H and O–H groups in total. The number of aliphatic hydroxyl groups is 1. The number of carbonyl (C=O) groups excluding carboxylic acids is 1. The van der Waals surface area contributed by atoms with E-state index in [1.165, 1.54) is 4.90 Å². The van der Waals surface area contributed by atoms with Gasteiger partial charge in [0.15, 0.2) is 0 Å². The fraction of sp³-hybridized carbons (Fsp3) is 0.385. The maximum atomic E-state index is 12.0. The number of nitrogens with two attached hydrogens (primary N) is 1. The van der Waals surface area contributed by atoms with Gasteiger partial charge in [0.2, 0.25) is 5.91 Å². The van der Waals surface area contributed by atoms with E-state index in [0.717, 1.165) is 11.1 Å². The van der Waals surface area contributed by atoms with Gasteiger partial charge in [0, 0.05) is 13.0 Å². The van der Waals surface area contributed by atoms with Crippen molar-refractivity contribution in [2.75, 3.05) is 6.61 Å². The van der Waals surface area contributed by atoms with Crippen molar-refractivity contribution in [2.24, 2.45) is 5.73 Å². The molecule has 102 valence electrons. The number of nitrogens with zero attached hydrogens (tertiary/aromatic N) is 1. The number of amides is 1. The minimum Gasteiger partial charge on any atom is -0.480 e. The molecule has 0 fully saturated rings. The number of aliphatic hydroxyl groups excluding tert-OH is 1. The minimum atomic E-state index is -1.08. The fourth-order valence-electron chi connectivity index (χ4n) is 2.27. The first-order chi connectivity index (χ1) is 9.04. The quantitative estimate of drug-likeness (QED) is 0.672. The number of rotatable bonds is 3. The Hall–Kier alpha value is -1.92. The third kappa shape index (κ3) is 2.59. The van der Waals surface area contributed by atoms with Crippen molar-refractivity contribution in [1.82, 2.24) is 4.90 Å². The van der Waals surface area contributed by atoms with Crippen LogP contribution in [0.25, 0.3) is 0 Å². The molecule has 1 aromatic carbocycles. The predicted molar refractivity (Wildman–Crippen MR) is 67.2 cm³/mol. The molecule has 6 nitrogen and oxygen atoms in total. The van der Waals surface area contributed by atoms with Crippen LogP contribution < -0.4 is 5.73 Å². The molecule has 1 heterocycles. The minimum absolute atomic E-state index is 0.208. The van der Waals surface area contributed by atoms with Crippen molar-refractivity contribution in [1.29, 1.82) is 0 Å². The van der Waals surface area contributed by atoms with Gasteiger partial charge in [0.05, 0.1) is 6.61 Å². The Morgan fingerprint density at radius 3 is 2.58 bits per heavy atom. The summed E-state index contributed by atoms with van der Waals surface area (Å²) in [4.78, 5) is 24.6. The molecule has 0 bridgehead atoms. The number of carbonyl (C=O) groups is 2. The zero-order valence-electron chi connectivity index (χ0n) is 10.3. The Labute approximate surface area is 110 Å². The second-order valence-corrected chi connectivity index (χ2v) is 4.58. The van der Waals surface area contributed by atoms with Crippen LogP contribution in [-0.4, -0.2) is 45.7 Å². The zero-order valence-corrected chi connectivity index (χ0v) is 10.3. The summed E-state index contributed by atoms with van der Waals surface area (Å²) < 4.78 is 0. The third-order valence-electron chi connectivity index (χ3n) is 3.33. The van der Waals surface area contributed by atoms with Crippen LogP contribution in [0.5, 0.6) is 0 Å². The molecular weight excluding hydrogens is 248 g/mol. The Balaban J connectivity index is 2.31. The number of carboxylic acids is 1. The number of aliphatic carboxylic acids is 1. The van der Waals surface area contributed by atoms with Crippen LogP contribution in [0.2, 0.25) is 0 Å². The third-order valence-corrected chi connectivity index (χ3v) is 3.33. The van der Waals surface area contributed by atoms with Crippen LogP contribution in [0, 0.1) is 0 Å². The average molecular weight is 264 g/mol. The lowest BCUT2D eigenvalue weighted by atomic mass is 9.93. The molecule has 0 aliphatic carbocycles. The highest BCUT2D eigenvalue weighted by Crippen LogP contribution is 2.23. The highest BCUT2D eigenvalue weighted by atomic mass is 16.4. The van der Waals surface area contributed by atoms with Crippen molar-refractivity contribution in [3.05, 3.63) is 35.4 Å². The van der Waals surface area contributed by atoms with Crippen LogP contribution in [0.1, 0.15) is 11.1 Å². The lowest BCUT2D eigenvalue weighted by Gasteiger charge is -2.35. The summed E-state index contributed by atoms with van der Waals surface area (Å²) in [5, 5.41) is 18.2. The Kier molecular flexibility index (Phi) is 3.82. The first-order valence-electron chi connectivity index (χ1n) is 6.01. The fourth-order valence-corrected chi connectivity index (χ4v) is 2.27. The number of hydrogen-bond donors (Lipinski definition) is 3. The van der Waals surface area contributed by atoms with E-state index in [1.807, 2.05) is 24.3 Å². The molecule has 1 aliphatic heterocycles. The number of hydrogen-bond acceptors (Lipinski definition) is 4. The molecule has 2 atom stereocenters. The van der Waals surface area contributed by atoms with Crippen LogP contribution in [0.15, 0.2) is 24.3 Å². The van der Waals surface area contributed by atoms with Gasteiger partial charge in [-0.2, -0.15) is 0 Å². The van der Waals surface area contributed by atoms with Crippen molar-refractivity contribution in [3.63, 3.8) is 0 Å². The predicted octanol–water partition coefficient (Wildman–Crippen LogP) is -0.656. The van der Waals surface area contributed by atoms with Gasteiger partial charge in [0.25, 0.3) is 0 Å². The average Bonchev–Trinajstić information content (AvgIpc) is 2.44. The highest BCUT2D eigenvalue weighted by Gasteiger charge is 2.36. The summed E-state index contributed by atoms with van der Waals surface area (Å²) in [5.74, 6) is -1.60. The summed E-state index contributed by atoms with van der Waals surface area (Å²) in [6.45, 7) is -0.289. The molecule has 0 saturated carbocycles. The van der Waals surface area contributed by atoms with Crippen LogP contribution in [-0.2, 0) is 22.6 Å². The highest BCUT2D eigenvalue weighted by molar-refractivity contribution is 5.87. The smallest absolute Gasteiger partial charge is 0.326 e. The van der Waals surface area contributed by atoms with Gasteiger partial charge in [-0.3, -0.25) is 4.79 Å². The van der Waals surface area contributed by atoms with E-state index in [2.05, 4.69) is 0 Å². The van der Waals surface area contributed by atoms with Gasteiger partial charge in [-0.25, -0.2) is 4.79 Å². The van der Waals surface area contributed by atoms with Crippen LogP contribution >= 0.6 is 0 Å². The summed E-state index contributed by atoms with van der Waals surface area (Å²) in [7, 11) is 0. The number of benzene rings is 1. The van der Waals surface area contributed by atoms with E-state index in [-0.39, 0.29) is 13.0 Å². The van der Waals surface area contributed by atoms with Crippen molar-refractivity contribution in [3.8, 4) is 0 Å². The molecule has 2 rings (SSSR count). The van der Waals surface area contributed by atoms with Crippen molar-refractivity contribution in [2.45, 2.75) is 25.0 Å². The normalized spacial score (nSPS) is 19.7. The van der Waals surface area contributed by atoms with E-state index >= 15 is 0 Å². The lowest BCUT2D eigenvalue weighted by molar-refractivity contribution is -0.152. The zero-order chi connectivity index (χ0) is 14.0. The molecule has 1 unspecified atom stereocenters. The monoisotopic (exact) mass is 264 g/mol. The molecule has 6 heteroatoms. The largest absolute Gasteiger partial charge is 0.480 e. The molecule has 0 spiro atoms. The summed E-state index contributed by atoms with van der Waals surface area (Å²) in [6, 6.07) is 5.40. The van der Waals surface area contributed by atoms with Crippen molar-refractivity contribution >= 4 is 11.9 Å². The SMILES string of the molecule is NC(CO)C(=O)N1Cc2ccccc2C[C@H]1C(=O)O. The molecule has 1 amide bonds. The van der Waals surface area contributed by atoms with E-state index in [1.54, 1.807) is 0 Å². The molecule has 0 aromatic heterocycles. The maximum absolute atomic E-state index is 12.0. The number of carboxylic acid groups (broad SMARTS) is 1. The first-order valence-corrected chi connectivity index (χ1v) is 6.01. The Morgan fingerprint density at radius 2 is 2.00 bits per heavy atom. The molecule has 19 heavy (non-hydrogen) atoms. The molecule has 1 aliphatic rings. The number of fused-ring (bicyclic) bond motifs is 1. The topological polar surface area (TPSA) is 104 Å². The van der Waals surface area contributed by atoms with E-state index in [4.69, 9.17) is 10.8 Å². The maximum Gasteiger partial charge on any atom is 0.326 e. The standard InChI is InChI=1S/C13H16N2O4/c14-10(7-16)12(17)15-6-9-4-2-1-3-8(9)5-11(15)13(18)19/h1-4,10-11,16H,5-7,14H2,(H,18,19)/t10?,11-/m0/s1. The molecule has 0 saturated heterocycles. The van der Waals surface area contributed by atoms with Gasteiger partial charge in [-0.15, -0.1) is 0 Å². The molecule has 0 radical (unpaired) electrons. The van der Waals surface area contributed by atoms with Gasteiger partial charge in [-0.05, 0) is 11.1 Å². The summed E-state index contributed by atoms with van der Waals surface area (Å²) in [5.41, 5.74) is 7.34. The van der Waals surface area contributed by atoms with Gasteiger partial charge < -0.3 is 20.8 Å². The second kappa shape index (κ2) is 5.38. The van der Waals surface area contributed by atoms with E-state index in [0.29, 0.717) is 0 Å². The van der Waals surface area contributed by atoms with Crippen molar-refractivity contribution < 1.29 is 19.8 Å². The Morgan fingerprint density at radius 1 is 1.37 bits per heavy atom. The summed E-state index contributed by atoms with van der Waals surface area (Å²) in [6.07, 6.45) is 0.259. The lowest BCUT2D eigenvalue weighted by Crippen LogP contribution is -2.54. The summed E-state index contributed by atoms with van der Waals surface area (Å²) >= 11 is 0. The second-order valence-electron chi connectivity index (χ2n) is 4.58. The molecular formula is C13H16N2O4. The van der Waals surface area contributed by atoms with Gasteiger partial charge >= 0.3 is 5.97 Å². The molecule has 1 aromatic rings.